The molecule has 0 spiro atoms. The van der Waals surface area contributed by atoms with E-state index in [1.54, 1.807) is 0 Å². The molecule has 1 atom stereocenters. The smallest absolute Gasteiger partial charge is 0.234 e. The summed E-state index contributed by atoms with van der Waals surface area (Å²) in [6.07, 6.45) is 1.81. The Labute approximate surface area is 165 Å². The van der Waals surface area contributed by atoms with Crippen molar-refractivity contribution in [2.45, 2.75) is 13.0 Å². The van der Waals surface area contributed by atoms with Gasteiger partial charge in [-0.1, -0.05) is 12.1 Å². The molecule has 2 aliphatic rings. The van der Waals surface area contributed by atoms with Gasteiger partial charge in [-0.15, -0.1) is 0 Å². The maximum absolute atomic E-state index is 12.5. The molecule has 1 saturated heterocycles. The number of amides is 1. The molecular weight excluding hydrogens is 356 g/mol. The van der Waals surface area contributed by atoms with Crippen LogP contribution in [0.4, 0.5) is 5.82 Å². The van der Waals surface area contributed by atoms with Crippen LogP contribution in [0.2, 0.25) is 0 Å². The summed E-state index contributed by atoms with van der Waals surface area (Å²) in [5.74, 6) is 2.54. The molecule has 0 radical (unpaired) electrons. The number of hydrogen-bond donors (Lipinski definition) is 1. The summed E-state index contributed by atoms with van der Waals surface area (Å²) in [5.41, 5.74) is 1.01. The molecular formula is C21H26N4O3. The average molecular weight is 382 g/mol. The summed E-state index contributed by atoms with van der Waals surface area (Å²) in [6.45, 7) is 6.98. The Balaban J connectivity index is 1.27. The first-order valence-corrected chi connectivity index (χ1v) is 9.76. The van der Waals surface area contributed by atoms with E-state index in [9.17, 15) is 4.79 Å². The van der Waals surface area contributed by atoms with Crippen molar-refractivity contribution in [2.75, 3.05) is 50.8 Å². The Morgan fingerprint density at radius 2 is 1.89 bits per heavy atom. The van der Waals surface area contributed by atoms with Gasteiger partial charge in [-0.2, -0.15) is 0 Å². The summed E-state index contributed by atoms with van der Waals surface area (Å²) in [6, 6.07) is 11.7. The molecule has 0 bridgehead atoms. The van der Waals surface area contributed by atoms with Crippen molar-refractivity contribution in [3.63, 3.8) is 0 Å². The van der Waals surface area contributed by atoms with E-state index < -0.39 is 0 Å². The molecule has 3 heterocycles. The summed E-state index contributed by atoms with van der Waals surface area (Å²) in [5, 5.41) is 3.09. The van der Waals surface area contributed by atoms with E-state index in [0.29, 0.717) is 19.8 Å². The molecule has 7 heteroatoms. The number of nitrogens with zero attached hydrogens (tertiary/aromatic N) is 3. The van der Waals surface area contributed by atoms with Crippen LogP contribution in [0, 0.1) is 0 Å². The number of hydrogen-bond acceptors (Lipinski definition) is 6. The zero-order valence-corrected chi connectivity index (χ0v) is 16.1. The standard InChI is InChI=1S/C21H26N4O3/c1-16(17-5-6-18-19(14-17)28-13-12-27-18)23-21(26)15-24-8-10-25(11-9-24)20-4-2-3-7-22-20/h2-7,14,16H,8-13,15H2,1H3,(H,23,26). The van der Waals surface area contributed by atoms with Crippen LogP contribution < -0.4 is 19.7 Å². The van der Waals surface area contributed by atoms with Crippen LogP contribution in [0.1, 0.15) is 18.5 Å². The lowest BCUT2D eigenvalue weighted by Gasteiger charge is -2.35. The largest absolute Gasteiger partial charge is 0.486 e. The lowest BCUT2D eigenvalue weighted by atomic mass is 10.1. The Bertz CT molecular complexity index is 807. The lowest BCUT2D eigenvalue weighted by molar-refractivity contribution is -0.123. The molecule has 4 rings (SSSR count). The van der Waals surface area contributed by atoms with Gasteiger partial charge in [0.1, 0.15) is 19.0 Å². The third-order valence-electron chi connectivity index (χ3n) is 5.16. The highest BCUT2D eigenvalue weighted by molar-refractivity contribution is 5.78. The van der Waals surface area contributed by atoms with Crippen LogP contribution in [0.5, 0.6) is 11.5 Å². The van der Waals surface area contributed by atoms with Gasteiger partial charge in [0, 0.05) is 32.4 Å². The number of ether oxygens (including phenoxy) is 2. The minimum atomic E-state index is -0.0851. The normalized spacial score (nSPS) is 17.8. The van der Waals surface area contributed by atoms with Crippen molar-refractivity contribution >= 4 is 11.7 Å². The lowest BCUT2D eigenvalue weighted by Crippen LogP contribution is -2.49. The number of aromatic nitrogens is 1. The van der Waals surface area contributed by atoms with Crippen LogP contribution in [0.25, 0.3) is 0 Å². The molecule has 1 aromatic heterocycles. The van der Waals surface area contributed by atoms with Gasteiger partial charge in [-0.25, -0.2) is 4.98 Å². The molecule has 1 aromatic carbocycles. The molecule has 2 aromatic rings. The molecule has 0 saturated carbocycles. The Morgan fingerprint density at radius 3 is 2.64 bits per heavy atom. The maximum Gasteiger partial charge on any atom is 0.234 e. The Morgan fingerprint density at radius 1 is 1.11 bits per heavy atom. The first kappa shape index (κ1) is 18.6. The molecule has 28 heavy (non-hydrogen) atoms. The van der Waals surface area contributed by atoms with Gasteiger partial charge >= 0.3 is 0 Å². The van der Waals surface area contributed by atoms with Gasteiger partial charge in [0.25, 0.3) is 0 Å². The zero-order valence-electron chi connectivity index (χ0n) is 16.1. The molecule has 1 amide bonds. The third-order valence-corrected chi connectivity index (χ3v) is 5.16. The monoisotopic (exact) mass is 382 g/mol. The number of carbonyl (C=O) groups is 1. The molecule has 148 valence electrons. The second-order valence-electron chi connectivity index (χ2n) is 7.14. The number of nitrogens with one attached hydrogen (secondary N) is 1. The SMILES string of the molecule is CC(NC(=O)CN1CCN(c2ccccn2)CC1)c1ccc2c(c1)OCCO2. The van der Waals surface area contributed by atoms with Crippen LogP contribution >= 0.6 is 0 Å². The second-order valence-corrected chi connectivity index (χ2v) is 7.14. The number of piperazine rings is 1. The first-order chi connectivity index (χ1) is 13.7. The number of pyridine rings is 1. The number of anilines is 1. The molecule has 0 aliphatic carbocycles. The molecule has 7 nitrogen and oxygen atoms in total. The summed E-state index contributed by atoms with van der Waals surface area (Å²) in [7, 11) is 0. The van der Waals surface area contributed by atoms with E-state index in [2.05, 4.69) is 20.1 Å². The van der Waals surface area contributed by atoms with Crippen LogP contribution in [-0.2, 0) is 4.79 Å². The van der Waals surface area contributed by atoms with Crippen LogP contribution in [0.3, 0.4) is 0 Å². The summed E-state index contributed by atoms with van der Waals surface area (Å²) >= 11 is 0. The van der Waals surface area contributed by atoms with E-state index in [1.165, 1.54) is 0 Å². The molecule has 1 unspecified atom stereocenters. The topological polar surface area (TPSA) is 66.9 Å². The summed E-state index contributed by atoms with van der Waals surface area (Å²) in [4.78, 5) is 21.3. The van der Waals surface area contributed by atoms with Gasteiger partial charge in [0.2, 0.25) is 5.91 Å². The number of benzene rings is 1. The quantitative estimate of drug-likeness (QED) is 0.851. The molecule has 1 N–H and O–H groups in total. The van der Waals surface area contributed by atoms with Crippen molar-refractivity contribution < 1.29 is 14.3 Å². The van der Waals surface area contributed by atoms with E-state index in [-0.39, 0.29) is 11.9 Å². The minimum Gasteiger partial charge on any atom is -0.486 e. The fourth-order valence-electron chi connectivity index (χ4n) is 3.58. The van der Waals surface area contributed by atoms with E-state index in [1.807, 2.05) is 49.5 Å². The van der Waals surface area contributed by atoms with Crippen LogP contribution in [-0.4, -0.2) is 61.7 Å². The highest BCUT2D eigenvalue weighted by atomic mass is 16.6. The summed E-state index contributed by atoms with van der Waals surface area (Å²) < 4.78 is 11.2. The van der Waals surface area contributed by atoms with E-state index in [0.717, 1.165) is 49.1 Å². The first-order valence-electron chi connectivity index (χ1n) is 9.76. The number of fused-ring (bicyclic) bond motifs is 1. The predicted octanol–water partition coefficient (Wildman–Crippen LogP) is 1.85. The van der Waals surface area contributed by atoms with Gasteiger partial charge in [-0.05, 0) is 36.8 Å². The van der Waals surface area contributed by atoms with E-state index in [4.69, 9.17) is 9.47 Å². The Hall–Kier alpha value is -2.80. The van der Waals surface area contributed by atoms with Crippen LogP contribution in [0.15, 0.2) is 42.6 Å². The fourth-order valence-corrected chi connectivity index (χ4v) is 3.58. The van der Waals surface area contributed by atoms with Crippen molar-refractivity contribution in [3.8, 4) is 11.5 Å². The predicted molar refractivity (Wildman–Crippen MR) is 107 cm³/mol. The maximum atomic E-state index is 12.5. The number of rotatable bonds is 5. The van der Waals surface area contributed by atoms with Gasteiger partial charge in [-0.3, -0.25) is 9.69 Å². The fraction of sp³-hybridized carbons (Fsp3) is 0.429. The highest BCUT2D eigenvalue weighted by Crippen LogP contribution is 2.32. The highest BCUT2D eigenvalue weighted by Gasteiger charge is 2.21. The minimum absolute atomic E-state index is 0.0358. The van der Waals surface area contributed by atoms with Crippen molar-refractivity contribution in [1.82, 2.24) is 15.2 Å². The number of carbonyl (C=O) groups excluding carboxylic acids is 1. The van der Waals surface area contributed by atoms with Gasteiger partial charge in [0.15, 0.2) is 11.5 Å². The van der Waals surface area contributed by atoms with E-state index >= 15 is 0 Å². The average Bonchev–Trinajstić information content (AvgIpc) is 2.74. The molecule has 2 aliphatic heterocycles. The van der Waals surface area contributed by atoms with Gasteiger partial charge in [0.05, 0.1) is 12.6 Å². The van der Waals surface area contributed by atoms with Crippen molar-refractivity contribution in [2.24, 2.45) is 0 Å². The third kappa shape index (κ3) is 4.36. The zero-order chi connectivity index (χ0) is 19.3. The van der Waals surface area contributed by atoms with Crippen molar-refractivity contribution in [1.29, 1.82) is 0 Å². The van der Waals surface area contributed by atoms with Crippen molar-refractivity contribution in [3.05, 3.63) is 48.2 Å². The Kier molecular flexibility index (Phi) is 5.62. The molecule has 1 fully saturated rings. The second kappa shape index (κ2) is 8.48. The van der Waals surface area contributed by atoms with Gasteiger partial charge < -0.3 is 19.7 Å².